The molecule has 1 N–H and O–H groups in total. The van der Waals surface area contributed by atoms with E-state index in [4.69, 9.17) is 4.74 Å². The van der Waals surface area contributed by atoms with Crippen LogP contribution in [0.15, 0.2) is 0 Å². The van der Waals surface area contributed by atoms with Gasteiger partial charge in [-0.2, -0.15) is 0 Å². The molecular formula is C10H22O2. The third kappa shape index (κ3) is 4.73. The van der Waals surface area contributed by atoms with E-state index in [-0.39, 0.29) is 11.7 Å². The molecule has 2 heteroatoms. The van der Waals surface area contributed by atoms with E-state index in [0.717, 1.165) is 12.8 Å². The van der Waals surface area contributed by atoms with E-state index in [1.165, 1.54) is 0 Å². The van der Waals surface area contributed by atoms with Crippen LogP contribution in [0.5, 0.6) is 0 Å². The second kappa shape index (κ2) is 4.83. The van der Waals surface area contributed by atoms with Gasteiger partial charge in [0.25, 0.3) is 0 Å². The monoisotopic (exact) mass is 174 g/mol. The standard InChI is InChI=1S/C10H22O2/c1-8(2)9(11)6-7-10(3,4)12-5/h8-9,11H,6-7H2,1-5H3. The highest BCUT2D eigenvalue weighted by Crippen LogP contribution is 2.19. The number of aliphatic hydroxyl groups is 1. The van der Waals surface area contributed by atoms with E-state index in [1.54, 1.807) is 7.11 Å². The van der Waals surface area contributed by atoms with Gasteiger partial charge in [-0.1, -0.05) is 13.8 Å². The van der Waals surface area contributed by atoms with Crippen LogP contribution < -0.4 is 0 Å². The fourth-order valence-corrected chi connectivity index (χ4v) is 0.931. The van der Waals surface area contributed by atoms with Crippen LogP contribution in [0.3, 0.4) is 0 Å². The quantitative estimate of drug-likeness (QED) is 0.692. The van der Waals surface area contributed by atoms with Crippen LogP contribution in [0.25, 0.3) is 0 Å². The van der Waals surface area contributed by atoms with E-state index in [2.05, 4.69) is 0 Å². The molecular weight excluding hydrogens is 152 g/mol. The van der Waals surface area contributed by atoms with Gasteiger partial charge < -0.3 is 9.84 Å². The summed E-state index contributed by atoms with van der Waals surface area (Å²) in [6.07, 6.45) is 1.53. The molecule has 0 fully saturated rings. The number of hydrogen-bond acceptors (Lipinski definition) is 2. The average molecular weight is 174 g/mol. The van der Waals surface area contributed by atoms with Gasteiger partial charge in [-0.15, -0.1) is 0 Å². The summed E-state index contributed by atoms with van der Waals surface area (Å²) < 4.78 is 5.26. The number of rotatable bonds is 5. The molecule has 12 heavy (non-hydrogen) atoms. The van der Waals surface area contributed by atoms with Gasteiger partial charge in [0, 0.05) is 7.11 Å². The molecule has 0 aliphatic carbocycles. The summed E-state index contributed by atoms with van der Waals surface area (Å²) >= 11 is 0. The Hall–Kier alpha value is -0.0800. The lowest BCUT2D eigenvalue weighted by Gasteiger charge is -2.25. The smallest absolute Gasteiger partial charge is 0.0623 e. The van der Waals surface area contributed by atoms with Crippen molar-refractivity contribution in [1.82, 2.24) is 0 Å². The molecule has 0 aliphatic heterocycles. The Balaban J connectivity index is 3.67. The van der Waals surface area contributed by atoms with Crippen LogP contribution in [0, 0.1) is 5.92 Å². The SMILES string of the molecule is COC(C)(C)CCC(O)C(C)C. The van der Waals surface area contributed by atoms with Gasteiger partial charge in [-0.25, -0.2) is 0 Å². The zero-order valence-corrected chi connectivity index (χ0v) is 8.92. The zero-order chi connectivity index (χ0) is 9.78. The van der Waals surface area contributed by atoms with Crippen LogP contribution >= 0.6 is 0 Å². The van der Waals surface area contributed by atoms with Crippen molar-refractivity contribution in [2.45, 2.75) is 52.2 Å². The Morgan fingerprint density at radius 3 is 2.17 bits per heavy atom. The molecule has 0 aliphatic rings. The topological polar surface area (TPSA) is 29.5 Å². The normalized spacial score (nSPS) is 15.2. The molecule has 0 radical (unpaired) electrons. The Morgan fingerprint density at radius 1 is 1.33 bits per heavy atom. The second-order valence-electron chi connectivity index (χ2n) is 4.31. The number of aliphatic hydroxyl groups excluding tert-OH is 1. The summed E-state index contributed by atoms with van der Waals surface area (Å²) in [4.78, 5) is 0. The van der Waals surface area contributed by atoms with Gasteiger partial charge in [0.05, 0.1) is 11.7 Å². The molecule has 0 rings (SSSR count). The fraction of sp³-hybridized carbons (Fsp3) is 1.00. The summed E-state index contributed by atoms with van der Waals surface area (Å²) in [5.74, 6) is 0.345. The summed E-state index contributed by atoms with van der Waals surface area (Å²) in [6, 6.07) is 0. The van der Waals surface area contributed by atoms with E-state index in [0.29, 0.717) is 5.92 Å². The first-order valence-electron chi connectivity index (χ1n) is 4.62. The molecule has 0 heterocycles. The Bertz CT molecular complexity index is 119. The summed E-state index contributed by atoms with van der Waals surface area (Å²) in [7, 11) is 1.71. The van der Waals surface area contributed by atoms with Crippen LogP contribution in [0.1, 0.15) is 40.5 Å². The van der Waals surface area contributed by atoms with Crippen LogP contribution in [0.4, 0.5) is 0 Å². The third-order valence-corrected chi connectivity index (χ3v) is 2.36. The van der Waals surface area contributed by atoms with E-state index >= 15 is 0 Å². The molecule has 0 aromatic rings. The Kier molecular flexibility index (Phi) is 4.80. The first kappa shape index (κ1) is 11.9. The minimum Gasteiger partial charge on any atom is -0.393 e. The highest BCUT2D eigenvalue weighted by atomic mass is 16.5. The lowest BCUT2D eigenvalue weighted by atomic mass is 9.95. The van der Waals surface area contributed by atoms with Crippen LogP contribution in [0.2, 0.25) is 0 Å². The lowest BCUT2D eigenvalue weighted by Crippen LogP contribution is -2.26. The van der Waals surface area contributed by atoms with E-state index < -0.39 is 0 Å². The molecule has 0 aromatic heterocycles. The van der Waals surface area contributed by atoms with Crippen molar-refractivity contribution < 1.29 is 9.84 Å². The van der Waals surface area contributed by atoms with Gasteiger partial charge in [0.2, 0.25) is 0 Å². The number of ether oxygens (including phenoxy) is 1. The molecule has 1 atom stereocenters. The predicted octanol–water partition coefficient (Wildman–Crippen LogP) is 2.21. The van der Waals surface area contributed by atoms with Gasteiger partial charge in [-0.05, 0) is 32.6 Å². The molecule has 1 unspecified atom stereocenters. The third-order valence-electron chi connectivity index (χ3n) is 2.36. The summed E-state index contributed by atoms with van der Waals surface area (Å²) in [6.45, 7) is 8.15. The first-order valence-corrected chi connectivity index (χ1v) is 4.62. The predicted molar refractivity (Wildman–Crippen MR) is 51.2 cm³/mol. The largest absolute Gasteiger partial charge is 0.393 e. The van der Waals surface area contributed by atoms with Gasteiger partial charge in [-0.3, -0.25) is 0 Å². The molecule has 0 saturated heterocycles. The Morgan fingerprint density at radius 2 is 1.83 bits per heavy atom. The molecule has 0 amide bonds. The van der Waals surface area contributed by atoms with Crippen molar-refractivity contribution in [2.24, 2.45) is 5.92 Å². The molecule has 0 bridgehead atoms. The fourth-order valence-electron chi connectivity index (χ4n) is 0.931. The minimum atomic E-state index is -0.195. The van der Waals surface area contributed by atoms with E-state index in [1.807, 2.05) is 27.7 Å². The highest BCUT2D eigenvalue weighted by Gasteiger charge is 2.19. The van der Waals surface area contributed by atoms with Crippen molar-refractivity contribution in [3.63, 3.8) is 0 Å². The molecule has 2 nitrogen and oxygen atoms in total. The maximum Gasteiger partial charge on any atom is 0.0623 e. The zero-order valence-electron chi connectivity index (χ0n) is 8.92. The van der Waals surface area contributed by atoms with Crippen LogP contribution in [-0.4, -0.2) is 23.9 Å². The van der Waals surface area contributed by atoms with Crippen molar-refractivity contribution in [2.75, 3.05) is 7.11 Å². The summed E-state index contributed by atoms with van der Waals surface area (Å²) in [5, 5.41) is 9.53. The molecule has 0 aromatic carbocycles. The lowest BCUT2D eigenvalue weighted by molar-refractivity contribution is -0.00187. The minimum absolute atomic E-state index is 0.101. The van der Waals surface area contributed by atoms with Crippen molar-refractivity contribution >= 4 is 0 Å². The highest BCUT2D eigenvalue weighted by molar-refractivity contribution is 4.71. The maximum atomic E-state index is 9.53. The van der Waals surface area contributed by atoms with Crippen LogP contribution in [-0.2, 0) is 4.74 Å². The van der Waals surface area contributed by atoms with Crippen molar-refractivity contribution in [1.29, 1.82) is 0 Å². The Labute approximate surface area is 75.9 Å². The summed E-state index contributed by atoms with van der Waals surface area (Å²) in [5.41, 5.74) is -0.101. The van der Waals surface area contributed by atoms with Crippen molar-refractivity contribution in [3.8, 4) is 0 Å². The molecule has 74 valence electrons. The number of methoxy groups -OCH3 is 1. The van der Waals surface area contributed by atoms with Crippen molar-refractivity contribution in [3.05, 3.63) is 0 Å². The second-order valence-corrected chi connectivity index (χ2v) is 4.31. The maximum absolute atomic E-state index is 9.53. The number of hydrogen-bond donors (Lipinski definition) is 1. The van der Waals surface area contributed by atoms with E-state index in [9.17, 15) is 5.11 Å². The first-order chi connectivity index (χ1) is 5.39. The molecule has 0 spiro atoms. The van der Waals surface area contributed by atoms with Gasteiger partial charge in [0.1, 0.15) is 0 Å². The average Bonchev–Trinajstić information content (AvgIpc) is 2.00. The molecule has 0 saturated carbocycles. The van der Waals surface area contributed by atoms with Gasteiger partial charge in [0.15, 0.2) is 0 Å². The van der Waals surface area contributed by atoms with Gasteiger partial charge >= 0.3 is 0 Å².